The van der Waals surface area contributed by atoms with Crippen LogP contribution in [-0.4, -0.2) is 87.4 Å². The second kappa shape index (κ2) is 53.7. The Hall–Kier alpha value is -4.57. The fraction of sp³-hybridized carbons (Fsp3) is 0.609. The number of carbonyl (C=O) groups excluding carboxylic acids is 2. The molecule has 0 saturated heterocycles. The number of carbonyl (C=O) groups is 3. The molecule has 0 fully saturated rings. The number of allylic oxidation sites excluding steroid dienone is 22. The van der Waals surface area contributed by atoms with Crippen molar-refractivity contribution in [1.82, 2.24) is 0 Å². The summed E-state index contributed by atoms with van der Waals surface area (Å²) in [6, 6.07) is 0. The van der Waals surface area contributed by atoms with Crippen LogP contribution in [0.15, 0.2) is 134 Å². The molecular weight excluding hydrogens is 911 g/mol. The number of carboxylic acid groups (broad SMARTS) is 1. The summed E-state index contributed by atoms with van der Waals surface area (Å²) in [5, 5.41) is 9.69. The van der Waals surface area contributed by atoms with Gasteiger partial charge in [0.05, 0.1) is 34.4 Å². The number of likely N-dealkylation sites (N-methyl/N-ethyl adjacent to an activating group) is 1. The Morgan fingerprint density at radius 3 is 1.10 bits per heavy atom. The highest BCUT2D eigenvalue weighted by Gasteiger charge is 2.25. The van der Waals surface area contributed by atoms with Gasteiger partial charge in [0.25, 0.3) is 6.29 Å². The van der Waals surface area contributed by atoms with E-state index in [2.05, 4.69) is 148 Å². The molecule has 0 amide bonds. The molecule has 0 aromatic rings. The van der Waals surface area contributed by atoms with E-state index in [9.17, 15) is 19.5 Å². The minimum Gasteiger partial charge on any atom is -0.477 e. The summed E-state index contributed by atoms with van der Waals surface area (Å²) in [4.78, 5) is 37.3. The van der Waals surface area contributed by atoms with Crippen LogP contribution < -0.4 is 0 Å². The molecular formula is C64H104NO8+. The summed E-state index contributed by atoms with van der Waals surface area (Å²) in [5.74, 6) is -2.06. The summed E-state index contributed by atoms with van der Waals surface area (Å²) < 4.78 is 22.8. The van der Waals surface area contributed by atoms with Crippen LogP contribution in [0.3, 0.4) is 0 Å². The Bertz CT molecular complexity index is 1650. The minimum absolute atomic E-state index is 0.175. The van der Waals surface area contributed by atoms with Crippen molar-refractivity contribution < 1.29 is 42.9 Å². The standard InChI is InChI=1S/C64H103NO8/c1-6-8-10-12-14-16-18-20-22-23-24-25-26-27-28-29-30-31-32-33-34-35-36-37-38-39-41-43-45-47-49-51-53-55-62(67)73-60(59-72-64(63(68)69)70-57-56-65(3,4)5)58-71-61(66)54-52-50-48-46-44-42-40-21-19-17-15-13-11-9-7-2/h8-11,14-17,20-22,24-25,27-28,30-31,33-34,36-37,40,60,64H,6-7,12-13,18-19,23,26,29,32,35,38-39,41-59H2,1-5H3/p+1/b10-8-,11-9-,16-14-,17-15-,22-20-,25-24-,28-27-,31-30-,34-33-,37-36-,40-21-. The highest BCUT2D eigenvalue weighted by atomic mass is 16.7. The van der Waals surface area contributed by atoms with E-state index in [0.717, 1.165) is 135 Å². The third-order valence-corrected chi connectivity index (χ3v) is 11.4. The molecule has 9 heteroatoms. The maximum Gasteiger partial charge on any atom is 0.361 e. The van der Waals surface area contributed by atoms with Gasteiger partial charge in [-0.3, -0.25) is 9.59 Å². The van der Waals surface area contributed by atoms with Gasteiger partial charge in [-0.1, -0.05) is 205 Å². The van der Waals surface area contributed by atoms with E-state index >= 15 is 0 Å². The zero-order valence-electron chi connectivity index (χ0n) is 46.7. The third kappa shape index (κ3) is 55.0. The van der Waals surface area contributed by atoms with Crippen LogP contribution in [0.4, 0.5) is 0 Å². The van der Waals surface area contributed by atoms with Gasteiger partial charge >= 0.3 is 17.9 Å². The van der Waals surface area contributed by atoms with Crippen molar-refractivity contribution in [1.29, 1.82) is 0 Å². The van der Waals surface area contributed by atoms with Crippen molar-refractivity contribution in [2.24, 2.45) is 0 Å². The number of ether oxygens (including phenoxy) is 4. The van der Waals surface area contributed by atoms with E-state index in [4.69, 9.17) is 18.9 Å². The van der Waals surface area contributed by atoms with Gasteiger partial charge in [-0.15, -0.1) is 0 Å². The van der Waals surface area contributed by atoms with Crippen molar-refractivity contribution in [3.63, 3.8) is 0 Å². The number of unbranched alkanes of at least 4 members (excludes halogenated alkanes) is 13. The van der Waals surface area contributed by atoms with Gasteiger partial charge in [-0.05, 0) is 109 Å². The van der Waals surface area contributed by atoms with E-state index in [1.54, 1.807) is 0 Å². The van der Waals surface area contributed by atoms with Crippen LogP contribution >= 0.6 is 0 Å². The molecule has 0 saturated carbocycles. The molecule has 0 radical (unpaired) electrons. The number of hydrogen-bond donors (Lipinski definition) is 1. The average molecular weight is 1020 g/mol. The molecule has 2 unspecified atom stereocenters. The largest absolute Gasteiger partial charge is 0.477 e. The number of quaternary nitrogens is 1. The number of hydrogen-bond acceptors (Lipinski definition) is 7. The first-order valence-electron chi connectivity index (χ1n) is 28.3. The van der Waals surface area contributed by atoms with Crippen LogP contribution in [0.2, 0.25) is 0 Å². The first kappa shape index (κ1) is 68.4. The normalized spacial score (nSPS) is 13.8. The Morgan fingerprint density at radius 1 is 0.411 bits per heavy atom. The third-order valence-electron chi connectivity index (χ3n) is 11.4. The van der Waals surface area contributed by atoms with E-state index in [1.165, 1.54) is 25.7 Å². The van der Waals surface area contributed by atoms with Crippen molar-refractivity contribution >= 4 is 17.9 Å². The Balaban J connectivity index is 4.28. The topological polar surface area (TPSA) is 108 Å². The second-order valence-corrected chi connectivity index (χ2v) is 19.5. The predicted octanol–water partition coefficient (Wildman–Crippen LogP) is 16.7. The van der Waals surface area contributed by atoms with Crippen molar-refractivity contribution in [3.8, 4) is 0 Å². The van der Waals surface area contributed by atoms with Crippen LogP contribution in [0, 0.1) is 0 Å². The lowest BCUT2D eigenvalue weighted by molar-refractivity contribution is -0.870. The summed E-state index contributed by atoms with van der Waals surface area (Å²) in [6.07, 6.45) is 73.8. The summed E-state index contributed by atoms with van der Waals surface area (Å²) in [5.41, 5.74) is 0. The summed E-state index contributed by atoms with van der Waals surface area (Å²) in [7, 11) is 5.94. The molecule has 73 heavy (non-hydrogen) atoms. The van der Waals surface area contributed by atoms with Crippen LogP contribution in [0.1, 0.15) is 194 Å². The van der Waals surface area contributed by atoms with Gasteiger partial charge in [0.1, 0.15) is 13.2 Å². The molecule has 0 heterocycles. The molecule has 1 N–H and O–H groups in total. The molecule has 0 aromatic heterocycles. The molecule has 0 rings (SSSR count). The number of esters is 2. The van der Waals surface area contributed by atoms with Crippen LogP contribution in [-0.2, 0) is 33.3 Å². The molecule has 0 aliphatic rings. The zero-order chi connectivity index (χ0) is 53.4. The second-order valence-electron chi connectivity index (χ2n) is 19.5. The summed E-state index contributed by atoms with van der Waals surface area (Å²) in [6.45, 7) is 4.59. The van der Waals surface area contributed by atoms with Crippen molar-refractivity contribution in [3.05, 3.63) is 134 Å². The summed E-state index contributed by atoms with van der Waals surface area (Å²) >= 11 is 0. The van der Waals surface area contributed by atoms with E-state index in [-0.39, 0.29) is 38.6 Å². The Labute approximate surface area is 446 Å². The lowest BCUT2D eigenvalue weighted by atomic mass is 10.1. The number of aliphatic carboxylic acids is 1. The maximum atomic E-state index is 12.9. The quantitative estimate of drug-likeness (QED) is 0.0211. The van der Waals surface area contributed by atoms with Gasteiger partial charge in [-0.2, -0.15) is 0 Å². The SMILES string of the molecule is CC/C=C\C/C=C\C/C=C\C/C=C\C/C=C\C/C=C\C/C=C\C/C=C\CCCCCCCCCCC(=O)OC(COC(=O)CCCCCCC/C=C\C/C=C\C/C=C\CC)COC(OCC[N+](C)(C)C)C(=O)O. The molecule has 412 valence electrons. The molecule has 0 aliphatic heterocycles. The van der Waals surface area contributed by atoms with Gasteiger partial charge < -0.3 is 28.5 Å². The highest BCUT2D eigenvalue weighted by molar-refractivity contribution is 5.71. The van der Waals surface area contributed by atoms with E-state index in [1.807, 2.05) is 21.1 Å². The fourth-order valence-corrected chi connectivity index (χ4v) is 7.10. The Morgan fingerprint density at radius 2 is 0.740 bits per heavy atom. The minimum atomic E-state index is -1.52. The number of nitrogens with zero attached hydrogens (tertiary/aromatic N) is 1. The van der Waals surface area contributed by atoms with Gasteiger partial charge in [0.15, 0.2) is 6.10 Å². The van der Waals surface area contributed by atoms with Crippen molar-refractivity contribution in [2.45, 2.75) is 206 Å². The molecule has 2 atom stereocenters. The maximum absolute atomic E-state index is 12.9. The average Bonchev–Trinajstić information content (AvgIpc) is 3.36. The lowest BCUT2D eigenvalue weighted by Crippen LogP contribution is -2.40. The molecule has 9 nitrogen and oxygen atoms in total. The Kier molecular flexibility index (Phi) is 50.4. The van der Waals surface area contributed by atoms with Gasteiger partial charge in [0, 0.05) is 12.8 Å². The van der Waals surface area contributed by atoms with Crippen LogP contribution in [0.25, 0.3) is 0 Å². The number of rotatable bonds is 50. The van der Waals surface area contributed by atoms with E-state index < -0.39 is 24.3 Å². The molecule has 0 aliphatic carbocycles. The molecule has 0 bridgehead atoms. The molecule has 0 aromatic carbocycles. The van der Waals surface area contributed by atoms with Gasteiger partial charge in [-0.25, -0.2) is 4.79 Å². The smallest absolute Gasteiger partial charge is 0.361 e. The number of carboxylic acids is 1. The first-order valence-corrected chi connectivity index (χ1v) is 28.3. The first-order chi connectivity index (χ1) is 35.6. The molecule has 0 spiro atoms. The predicted molar refractivity (Wildman–Crippen MR) is 308 cm³/mol. The zero-order valence-corrected chi connectivity index (χ0v) is 46.7. The van der Waals surface area contributed by atoms with Crippen LogP contribution in [0.5, 0.6) is 0 Å². The monoisotopic (exact) mass is 1010 g/mol. The fourth-order valence-electron chi connectivity index (χ4n) is 7.10. The lowest BCUT2D eigenvalue weighted by Gasteiger charge is -2.25. The highest BCUT2D eigenvalue weighted by Crippen LogP contribution is 2.14. The van der Waals surface area contributed by atoms with Gasteiger partial charge in [0.2, 0.25) is 0 Å². The van der Waals surface area contributed by atoms with Crippen molar-refractivity contribution in [2.75, 3.05) is 47.5 Å². The van der Waals surface area contributed by atoms with E-state index in [0.29, 0.717) is 17.4 Å².